The molecule has 2 aromatic rings. The van der Waals surface area contributed by atoms with Gasteiger partial charge in [-0.3, -0.25) is 0 Å². The van der Waals surface area contributed by atoms with Crippen LogP contribution in [-0.4, -0.2) is 32.3 Å². The minimum atomic E-state index is 0.662. The molecule has 0 saturated heterocycles. The number of methoxy groups -OCH3 is 2. The summed E-state index contributed by atoms with van der Waals surface area (Å²) in [7, 11) is 3.30. The van der Waals surface area contributed by atoms with Crippen LogP contribution in [0, 0.1) is 6.92 Å². The molecule has 0 bridgehead atoms. The number of anilines is 1. The van der Waals surface area contributed by atoms with Crippen LogP contribution in [0.3, 0.4) is 0 Å². The first kappa shape index (κ1) is 14.4. The second kappa shape index (κ2) is 6.43. The van der Waals surface area contributed by atoms with Crippen molar-refractivity contribution in [3.8, 4) is 11.5 Å². The summed E-state index contributed by atoms with van der Waals surface area (Å²) in [5.74, 6) is 1.52. The van der Waals surface area contributed by atoms with Gasteiger partial charge in [0.15, 0.2) is 0 Å². The van der Waals surface area contributed by atoms with Crippen molar-refractivity contribution in [1.29, 1.82) is 0 Å². The van der Waals surface area contributed by atoms with Gasteiger partial charge in [0.25, 0.3) is 0 Å². The number of pyridine rings is 1. The van der Waals surface area contributed by atoms with Crippen LogP contribution < -0.4 is 20.5 Å². The fraction of sp³-hybridized carbons (Fsp3) is 0.400. The van der Waals surface area contributed by atoms with Crippen LogP contribution in [0.5, 0.6) is 11.5 Å². The number of nitrogens with two attached hydrogens (primary N) is 1. The third kappa shape index (κ3) is 2.77. The van der Waals surface area contributed by atoms with Gasteiger partial charge >= 0.3 is 0 Å². The quantitative estimate of drug-likeness (QED) is 0.792. The average Bonchev–Trinajstić information content (AvgIpc) is 2.46. The molecule has 2 rings (SSSR count). The van der Waals surface area contributed by atoms with E-state index in [-0.39, 0.29) is 0 Å². The smallest absolute Gasteiger partial charge is 0.145 e. The maximum absolute atomic E-state index is 5.54. The fourth-order valence-corrected chi connectivity index (χ4v) is 2.21. The van der Waals surface area contributed by atoms with Gasteiger partial charge in [0.2, 0.25) is 0 Å². The highest BCUT2D eigenvalue weighted by Gasteiger charge is 2.13. The predicted octanol–water partition coefficient (Wildman–Crippen LogP) is 2.32. The van der Waals surface area contributed by atoms with Crippen molar-refractivity contribution < 1.29 is 9.47 Å². The third-order valence-corrected chi connectivity index (χ3v) is 3.15. The van der Waals surface area contributed by atoms with Crippen LogP contribution in [0.25, 0.3) is 10.9 Å². The van der Waals surface area contributed by atoms with Crippen molar-refractivity contribution in [3.63, 3.8) is 0 Å². The van der Waals surface area contributed by atoms with Gasteiger partial charge in [0.05, 0.1) is 19.6 Å². The van der Waals surface area contributed by atoms with E-state index in [1.807, 2.05) is 25.1 Å². The molecule has 1 heterocycles. The Bertz CT molecular complexity index is 599. The number of hydrogen-bond donors (Lipinski definition) is 2. The van der Waals surface area contributed by atoms with Crippen LogP contribution in [0.15, 0.2) is 18.2 Å². The summed E-state index contributed by atoms with van der Waals surface area (Å²) in [6.07, 6.45) is 0.912. The molecule has 5 nitrogen and oxygen atoms in total. The van der Waals surface area contributed by atoms with Gasteiger partial charge in [-0.25, -0.2) is 4.98 Å². The second-order valence-electron chi connectivity index (χ2n) is 4.57. The number of hydrogen-bond acceptors (Lipinski definition) is 5. The molecule has 0 radical (unpaired) electrons. The Labute approximate surface area is 119 Å². The first-order valence-electron chi connectivity index (χ1n) is 6.67. The molecule has 0 amide bonds. The Morgan fingerprint density at radius 1 is 1.20 bits per heavy atom. The molecule has 0 saturated carbocycles. The summed E-state index contributed by atoms with van der Waals surface area (Å²) in [5, 5.41) is 4.34. The van der Waals surface area contributed by atoms with Gasteiger partial charge in [0.1, 0.15) is 17.0 Å². The first-order chi connectivity index (χ1) is 9.71. The molecule has 5 heteroatoms. The third-order valence-electron chi connectivity index (χ3n) is 3.15. The van der Waals surface area contributed by atoms with Crippen molar-refractivity contribution in [2.75, 3.05) is 32.6 Å². The summed E-state index contributed by atoms with van der Waals surface area (Å²) in [5.41, 5.74) is 8.27. The molecule has 0 aliphatic rings. The molecule has 0 fully saturated rings. The molecule has 3 N–H and O–H groups in total. The SMILES string of the molecule is COc1ccc(OC)c2c(NCCCN)cc(C)nc12. The highest BCUT2D eigenvalue weighted by atomic mass is 16.5. The maximum atomic E-state index is 5.54. The number of nitrogens with zero attached hydrogens (tertiary/aromatic N) is 1. The Morgan fingerprint density at radius 2 is 1.90 bits per heavy atom. The minimum absolute atomic E-state index is 0.662. The van der Waals surface area contributed by atoms with E-state index in [0.717, 1.165) is 46.7 Å². The lowest BCUT2D eigenvalue weighted by molar-refractivity contribution is 0.410. The standard InChI is InChI=1S/C15H21N3O2/c1-10-9-11(17-8-4-7-16)14-12(19-2)5-6-13(20-3)15(14)18-10/h5-6,9H,4,7-8,16H2,1-3H3,(H,17,18). The van der Waals surface area contributed by atoms with E-state index in [4.69, 9.17) is 15.2 Å². The van der Waals surface area contributed by atoms with Gasteiger partial charge in [-0.2, -0.15) is 0 Å². The van der Waals surface area contributed by atoms with E-state index in [9.17, 15) is 0 Å². The summed E-state index contributed by atoms with van der Waals surface area (Å²) < 4.78 is 10.9. The highest BCUT2D eigenvalue weighted by Crippen LogP contribution is 2.37. The lowest BCUT2D eigenvalue weighted by atomic mass is 10.1. The summed E-state index contributed by atoms with van der Waals surface area (Å²) in [4.78, 5) is 4.57. The topological polar surface area (TPSA) is 69.4 Å². The summed E-state index contributed by atoms with van der Waals surface area (Å²) >= 11 is 0. The number of aryl methyl sites for hydroxylation is 1. The molecule has 0 spiro atoms. The normalized spacial score (nSPS) is 10.6. The number of ether oxygens (including phenoxy) is 2. The summed E-state index contributed by atoms with van der Waals surface area (Å²) in [6.45, 7) is 3.44. The Balaban J connectivity index is 2.59. The number of fused-ring (bicyclic) bond motifs is 1. The lowest BCUT2D eigenvalue weighted by Gasteiger charge is -2.15. The molecule has 0 atom stereocenters. The Morgan fingerprint density at radius 3 is 2.55 bits per heavy atom. The molecule has 108 valence electrons. The van der Waals surface area contributed by atoms with E-state index in [1.165, 1.54) is 0 Å². The van der Waals surface area contributed by atoms with Crippen molar-refractivity contribution in [3.05, 3.63) is 23.9 Å². The summed E-state index contributed by atoms with van der Waals surface area (Å²) in [6, 6.07) is 5.78. The van der Waals surface area contributed by atoms with E-state index in [0.29, 0.717) is 6.54 Å². The van der Waals surface area contributed by atoms with Gasteiger partial charge in [-0.05, 0) is 38.1 Å². The first-order valence-corrected chi connectivity index (χ1v) is 6.67. The number of aromatic nitrogens is 1. The molecule has 1 aromatic heterocycles. The van der Waals surface area contributed by atoms with Crippen molar-refractivity contribution in [2.45, 2.75) is 13.3 Å². The highest BCUT2D eigenvalue weighted by molar-refractivity contribution is 5.99. The van der Waals surface area contributed by atoms with E-state index in [1.54, 1.807) is 14.2 Å². The van der Waals surface area contributed by atoms with Crippen molar-refractivity contribution in [2.24, 2.45) is 5.73 Å². The van der Waals surface area contributed by atoms with Gasteiger partial charge < -0.3 is 20.5 Å². The van der Waals surface area contributed by atoms with Crippen LogP contribution in [0.2, 0.25) is 0 Å². The van der Waals surface area contributed by atoms with Gasteiger partial charge in [-0.15, -0.1) is 0 Å². The van der Waals surface area contributed by atoms with Crippen LogP contribution in [0.1, 0.15) is 12.1 Å². The Hall–Kier alpha value is -2.01. The Kier molecular flexibility index (Phi) is 4.63. The van der Waals surface area contributed by atoms with Crippen LogP contribution >= 0.6 is 0 Å². The lowest BCUT2D eigenvalue weighted by Crippen LogP contribution is -2.09. The zero-order valence-electron chi connectivity index (χ0n) is 12.2. The molecule has 1 aromatic carbocycles. The van der Waals surface area contributed by atoms with Gasteiger partial charge in [0, 0.05) is 17.9 Å². The zero-order chi connectivity index (χ0) is 14.5. The van der Waals surface area contributed by atoms with E-state index < -0.39 is 0 Å². The zero-order valence-corrected chi connectivity index (χ0v) is 12.2. The minimum Gasteiger partial charge on any atom is -0.496 e. The average molecular weight is 275 g/mol. The van der Waals surface area contributed by atoms with E-state index in [2.05, 4.69) is 10.3 Å². The van der Waals surface area contributed by atoms with E-state index >= 15 is 0 Å². The second-order valence-corrected chi connectivity index (χ2v) is 4.57. The number of nitrogens with one attached hydrogen (secondary N) is 1. The molecular weight excluding hydrogens is 254 g/mol. The van der Waals surface area contributed by atoms with Crippen molar-refractivity contribution in [1.82, 2.24) is 4.98 Å². The molecule has 0 aliphatic carbocycles. The molecule has 0 unspecified atom stereocenters. The van der Waals surface area contributed by atoms with Gasteiger partial charge in [-0.1, -0.05) is 0 Å². The molecular formula is C15H21N3O2. The van der Waals surface area contributed by atoms with Crippen LogP contribution in [-0.2, 0) is 0 Å². The molecule has 20 heavy (non-hydrogen) atoms. The maximum Gasteiger partial charge on any atom is 0.145 e. The molecule has 0 aliphatic heterocycles. The van der Waals surface area contributed by atoms with Crippen molar-refractivity contribution >= 4 is 16.6 Å². The fourth-order valence-electron chi connectivity index (χ4n) is 2.21. The predicted molar refractivity (Wildman–Crippen MR) is 81.7 cm³/mol. The van der Waals surface area contributed by atoms with Crippen LogP contribution in [0.4, 0.5) is 5.69 Å². The largest absolute Gasteiger partial charge is 0.496 e. The number of benzene rings is 1. The monoisotopic (exact) mass is 275 g/mol. The number of rotatable bonds is 6.